The first-order chi connectivity index (χ1) is 9.63. The molecule has 1 aliphatic heterocycles. The van der Waals surface area contributed by atoms with Crippen molar-refractivity contribution in [1.29, 1.82) is 0 Å². The van der Waals surface area contributed by atoms with Crippen LogP contribution in [0.1, 0.15) is 23.1 Å². The smallest absolute Gasteiger partial charge is 0.0999 e. The van der Waals surface area contributed by atoms with Crippen molar-refractivity contribution in [3.8, 4) is 0 Å². The van der Waals surface area contributed by atoms with Crippen LogP contribution in [-0.2, 0) is 20.0 Å². The highest BCUT2D eigenvalue weighted by Gasteiger charge is 2.23. The molecule has 1 atom stereocenters. The first kappa shape index (κ1) is 13.7. The van der Waals surface area contributed by atoms with E-state index in [0.29, 0.717) is 6.54 Å². The minimum Gasteiger partial charge on any atom is -0.387 e. The Morgan fingerprint density at radius 1 is 1.35 bits per heavy atom. The maximum absolute atomic E-state index is 10.3. The van der Waals surface area contributed by atoms with E-state index >= 15 is 0 Å². The number of aryl methyl sites for hydroxylation is 1. The second-order valence-electron chi connectivity index (χ2n) is 5.16. The Balaban J connectivity index is 1.66. The van der Waals surface area contributed by atoms with E-state index in [1.807, 2.05) is 36.0 Å². The lowest BCUT2D eigenvalue weighted by Gasteiger charge is -2.28. The molecular weight excluding hydrogens is 320 g/mol. The number of fused-ring (bicyclic) bond motifs is 1. The molecule has 0 radical (unpaired) electrons. The number of rotatable bonds is 3. The summed E-state index contributed by atoms with van der Waals surface area (Å²) in [5.74, 6) is 0. The van der Waals surface area contributed by atoms with E-state index in [4.69, 9.17) is 0 Å². The van der Waals surface area contributed by atoms with Gasteiger partial charge in [0.25, 0.3) is 0 Å². The number of hydrogen-bond acceptors (Lipinski definition) is 4. The van der Waals surface area contributed by atoms with E-state index in [1.165, 1.54) is 5.69 Å². The van der Waals surface area contributed by atoms with Crippen LogP contribution in [0.2, 0.25) is 0 Å². The van der Waals surface area contributed by atoms with Gasteiger partial charge in [-0.1, -0.05) is 33.3 Å². The average molecular weight is 337 g/mol. The summed E-state index contributed by atoms with van der Waals surface area (Å²) in [7, 11) is 1.93. The molecule has 1 aliphatic rings. The second-order valence-corrected chi connectivity index (χ2v) is 6.07. The van der Waals surface area contributed by atoms with Crippen LogP contribution in [0, 0.1) is 0 Å². The van der Waals surface area contributed by atoms with Gasteiger partial charge in [0, 0.05) is 37.6 Å². The van der Waals surface area contributed by atoms with Crippen LogP contribution in [0.25, 0.3) is 0 Å². The summed E-state index contributed by atoms with van der Waals surface area (Å²) in [5.41, 5.74) is 3.18. The third-order valence-corrected chi connectivity index (χ3v) is 4.28. The molecule has 0 aliphatic carbocycles. The van der Waals surface area contributed by atoms with Gasteiger partial charge in [-0.3, -0.25) is 9.58 Å². The van der Waals surface area contributed by atoms with E-state index in [1.54, 1.807) is 0 Å². The number of aromatic nitrogens is 3. The number of nitrogens with zero attached hydrogens (tertiary/aromatic N) is 4. The first-order valence-electron chi connectivity index (χ1n) is 6.67. The Hall–Kier alpha value is -1.24. The molecule has 3 rings (SSSR count). The monoisotopic (exact) mass is 336 g/mol. The van der Waals surface area contributed by atoms with Gasteiger partial charge in [-0.05, 0) is 17.7 Å². The topological polar surface area (TPSA) is 54.2 Å². The molecule has 1 N–H and O–H groups in total. The summed E-state index contributed by atoms with van der Waals surface area (Å²) in [5, 5.41) is 18.6. The summed E-state index contributed by atoms with van der Waals surface area (Å²) in [6.45, 7) is 2.32. The molecule has 0 amide bonds. The normalized spacial score (nSPS) is 16.9. The molecule has 0 spiro atoms. The predicted octanol–water partition coefficient (Wildman–Crippen LogP) is 1.67. The fraction of sp³-hybridized carbons (Fsp3) is 0.429. The van der Waals surface area contributed by atoms with E-state index < -0.39 is 6.10 Å². The number of β-amino-alcohol motifs (C(OH)–C–C–N with tert-alkyl or cyclic N) is 1. The predicted molar refractivity (Wildman–Crippen MR) is 79.1 cm³/mol. The molecule has 6 heteroatoms. The zero-order valence-corrected chi connectivity index (χ0v) is 12.9. The van der Waals surface area contributed by atoms with Crippen LogP contribution < -0.4 is 0 Å². The quantitative estimate of drug-likeness (QED) is 0.926. The molecule has 1 aromatic heterocycles. The van der Waals surface area contributed by atoms with Crippen LogP contribution in [0.3, 0.4) is 0 Å². The summed E-state index contributed by atoms with van der Waals surface area (Å²) >= 11 is 3.40. The number of benzene rings is 1. The number of aliphatic hydroxyl groups excluding tert-OH is 1. The van der Waals surface area contributed by atoms with Crippen molar-refractivity contribution in [2.24, 2.45) is 7.05 Å². The Labute approximate surface area is 126 Å². The molecule has 1 unspecified atom stereocenters. The largest absolute Gasteiger partial charge is 0.387 e. The van der Waals surface area contributed by atoms with Crippen LogP contribution in [0.5, 0.6) is 0 Å². The summed E-state index contributed by atoms with van der Waals surface area (Å²) < 4.78 is 2.87. The minimum atomic E-state index is -0.471. The van der Waals surface area contributed by atoms with Gasteiger partial charge in [-0.25, -0.2) is 0 Å². The lowest BCUT2D eigenvalue weighted by molar-refractivity contribution is 0.105. The van der Waals surface area contributed by atoms with Crippen LogP contribution in [0.15, 0.2) is 28.7 Å². The Bertz CT molecular complexity index is 596. The minimum absolute atomic E-state index is 0.471. The van der Waals surface area contributed by atoms with Gasteiger partial charge in [-0.2, -0.15) is 0 Å². The number of aliphatic hydroxyl groups is 1. The molecule has 20 heavy (non-hydrogen) atoms. The second kappa shape index (κ2) is 5.63. The summed E-state index contributed by atoms with van der Waals surface area (Å²) in [6.07, 6.45) is 0.465. The number of hydrogen-bond donors (Lipinski definition) is 1. The lowest BCUT2D eigenvalue weighted by atomic mass is 10.1. The zero-order chi connectivity index (χ0) is 14.1. The molecule has 1 aromatic carbocycles. The number of halogens is 1. The molecule has 5 nitrogen and oxygen atoms in total. The van der Waals surface area contributed by atoms with Gasteiger partial charge >= 0.3 is 0 Å². The highest BCUT2D eigenvalue weighted by Crippen LogP contribution is 2.21. The molecule has 0 fully saturated rings. The lowest BCUT2D eigenvalue weighted by Crippen LogP contribution is -2.34. The standard InChI is InChI=1S/C14H17BrN4O/c1-18-13-6-7-19(8-12(13)16-17-18)9-14(20)10-2-4-11(15)5-3-10/h2-5,14,20H,6-9H2,1H3. The fourth-order valence-corrected chi connectivity index (χ4v) is 2.86. The summed E-state index contributed by atoms with van der Waals surface area (Å²) in [4.78, 5) is 2.23. The maximum Gasteiger partial charge on any atom is 0.0999 e. The Morgan fingerprint density at radius 2 is 2.10 bits per heavy atom. The van der Waals surface area contributed by atoms with Gasteiger partial charge in [0.1, 0.15) is 0 Å². The average Bonchev–Trinajstić information content (AvgIpc) is 2.81. The van der Waals surface area contributed by atoms with Crippen LogP contribution in [-0.4, -0.2) is 38.1 Å². The highest BCUT2D eigenvalue weighted by atomic mass is 79.9. The van der Waals surface area contributed by atoms with E-state index in [0.717, 1.165) is 35.2 Å². The van der Waals surface area contributed by atoms with Gasteiger partial charge < -0.3 is 5.11 Å². The van der Waals surface area contributed by atoms with E-state index in [-0.39, 0.29) is 0 Å². The first-order valence-corrected chi connectivity index (χ1v) is 7.46. The van der Waals surface area contributed by atoms with Crippen LogP contribution >= 0.6 is 15.9 Å². The maximum atomic E-state index is 10.3. The fourth-order valence-electron chi connectivity index (χ4n) is 2.59. The molecule has 0 saturated carbocycles. The molecule has 0 saturated heterocycles. The van der Waals surface area contributed by atoms with Crippen molar-refractivity contribution in [3.05, 3.63) is 45.7 Å². The van der Waals surface area contributed by atoms with E-state index in [2.05, 4.69) is 31.1 Å². The van der Waals surface area contributed by atoms with Crippen molar-refractivity contribution < 1.29 is 5.11 Å². The molecule has 106 valence electrons. The van der Waals surface area contributed by atoms with Crippen molar-refractivity contribution in [2.75, 3.05) is 13.1 Å². The van der Waals surface area contributed by atoms with Crippen molar-refractivity contribution in [1.82, 2.24) is 19.9 Å². The third kappa shape index (κ3) is 2.77. The molecule has 2 aromatic rings. The zero-order valence-electron chi connectivity index (χ0n) is 11.3. The molecule has 2 heterocycles. The van der Waals surface area contributed by atoms with Gasteiger partial charge in [0.2, 0.25) is 0 Å². The van der Waals surface area contributed by atoms with Gasteiger partial charge in [0.15, 0.2) is 0 Å². The summed E-state index contributed by atoms with van der Waals surface area (Å²) in [6, 6.07) is 7.81. The third-order valence-electron chi connectivity index (χ3n) is 3.75. The van der Waals surface area contributed by atoms with Gasteiger partial charge in [-0.15, -0.1) is 5.10 Å². The Morgan fingerprint density at radius 3 is 2.85 bits per heavy atom. The van der Waals surface area contributed by atoms with E-state index in [9.17, 15) is 5.11 Å². The van der Waals surface area contributed by atoms with Crippen LogP contribution in [0.4, 0.5) is 0 Å². The van der Waals surface area contributed by atoms with Gasteiger partial charge in [0.05, 0.1) is 17.5 Å². The highest BCUT2D eigenvalue weighted by molar-refractivity contribution is 9.10. The molecular formula is C14H17BrN4O. The molecule has 0 bridgehead atoms. The Kier molecular flexibility index (Phi) is 3.87. The SMILES string of the molecule is Cn1nnc2c1CCN(CC(O)c1ccc(Br)cc1)C2. The van der Waals surface area contributed by atoms with Crippen molar-refractivity contribution in [3.63, 3.8) is 0 Å². The van der Waals surface area contributed by atoms with Crippen molar-refractivity contribution in [2.45, 2.75) is 19.1 Å². The van der Waals surface area contributed by atoms with Crippen molar-refractivity contribution >= 4 is 15.9 Å².